The van der Waals surface area contributed by atoms with Crippen LogP contribution in [0.1, 0.15) is 38.6 Å². The standard InChI is InChI=1S/C22H27N7O2/c1-2-20(15-4-3-5-15)28-11-17(9-25-28)22-21-6-7-23-29(21)13-19(26-22)16-8-24-27(10-16)12-18(31)14-30/h6-11,13,15,18,20,30-31H,2-5,12,14H2,1H3/t18?,20-/m1/s1. The molecule has 0 spiro atoms. The van der Waals surface area contributed by atoms with E-state index in [1.165, 1.54) is 19.3 Å². The molecule has 0 aromatic carbocycles. The highest BCUT2D eigenvalue weighted by Crippen LogP contribution is 2.38. The van der Waals surface area contributed by atoms with Crippen molar-refractivity contribution in [1.29, 1.82) is 0 Å². The third-order valence-electron chi connectivity index (χ3n) is 6.25. The molecule has 1 fully saturated rings. The van der Waals surface area contributed by atoms with Gasteiger partial charge in [0.2, 0.25) is 0 Å². The van der Waals surface area contributed by atoms with Gasteiger partial charge in [-0.15, -0.1) is 0 Å². The van der Waals surface area contributed by atoms with Crippen LogP contribution in [0.15, 0.2) is 43.2 Å². The third-order valence-corrected chi connectivity index (χ3v) is 6.25. The first-order chi connectivity index (χ1) is 15.2. The van der Waals surface area contributed by atoms with Gasteiger partial charge in [-0.3, -0.25) is 9.36 Å². The number of aliphatic hydroxyl groups excluding tert-OH is 2. The minimum Gasteiger partial charge on any atom is -0.394 e. The predicted molar refractivity (Wildman–Crippen MR) is 115 cm³/mol. The molecule has 5 rings (SSSR count). The van der Waals surface area contributed by atoms with E-state index >= 15 is 0 Å². The van der Waals surface area contributed by atoms with Crippen LogP contribution >= 0.6 is 0 Å². The molecule has 4 aromatic heterocycles. The second kappa shape index (κ2) is 8.24. The van der Waals surface area contributed by atoms with E-state index in [0.29, 0.717) is 12.0 Å². The Balaban J connectivity index is 1.51. The fourth-order valence-electron chi connectivity index (χ4n) is 4.35. The van der Waals surface area contributed by atoms with Crippen molar-refractivity contribution < 1.29 is 10.2 Å². The van der Waals surface area contributed by atoms with Gasteiger partial charge in [0.1, 0.15) is 0 Å². The quantitative estimate of drug-likeness (QED) is 0.453. The normalized spacial score (nSPS) is 16.5. The highest BCUT2D eigenvalue weighted by atomic mass is 16.3. The average Bonchev–Trinajstić information content (AvgIpc) is 3.49. The van der Waals surface area contributed by atoms with Crippen LogP contribution in [-0.4, -0.2) is 57.1 Å². The van der Waals surface area contributed by atoms with Gasteiger partial charge in [-0.05, 0) is 31.2 Å². The zero-order chi connectivity index (χ0) is 21.4. The van der Waals surface area contributed by atoms with E-state index in [0.717, 1.165) is 34.5 Å². The van der Waals surface area contributed by atoms with E-state index in [1.54, 1.807) is 17.1 Å². The number of aliphatic hydroxyl groups is 2. The number of hydrogen-bond donors (Lipinski definition) is 2. The molecule has 9 heteroatoms. The van der Waals surface area contributed by atoms with Crippen molar-refractivity contribution in [1.82, 2.24) is 34.2 Å². The van der Waals surface area contributed by atoms with Gasteiger partial charge in [-0.1, -0.05) is 13.3 Å². The van der Waals surface area contributed by atoms with Gasteiger partial charge in [-0.2, -0.15) is 15.3 Å². The van der Waals surface area contributed by atoms with Crippen LogP contribution in [0.4, 0.5) is 0 Å². The van der Waals surface area contributed by atoms with E-state index in [9.17, 15) is 5.11 Å². The lowest BCUT2D eigenvalue weighted by Gasteiger charge is -2.33. The van der Waals surface area contributed by atoms with Crippen molar-refractivity contribution in [2.45, 2.75) is 51.3 Å². The summed E-state index contributed by atoms with van der Waals surface area (Å²) in [5, 5.41) is 32.1. The Kier molecular flexibility index (Phi) is 5.29. The molecule has 9 nitrogen and oxygen atoms in total. The highest BCUT2D eigenvalue weighted by molar-refractivity contribution is 5.78. The number of rotatable bonds is 8. The third kappa shape index (κ3) is 3.75. The first kappa shape index (κ1) is 19.9. The van der Waals surface area contributed by atoms with Crippen LogP contribution in [0, 0.1) is 5.92 Å². The summed E-state index contributed by atoms with van der Waals surface area (Å²) in [6, 6.07) is 2.39. The van der Waals surface area contributed by atoms with Gasteiger partial charge in [-0.25, -0.2) is 9.50 Å². The summed E-state index contributed by atoms with van der Waals surface area (Å²) in [6.45, 7) is 2.14. The minimum absolute atomic E-state index is 0.222. The Morgan fingerprint density at radius 2 is 1.94 bits per heavy atom. The SMILES string of the molecule is CC[C@H](C1CCC1)n1cc(-c2nc(-c3cnn(CC(O)CO)c3)cn3nccc23)cn1. The molecule has 0 radical (unpaired) electrons. The molecule has 2 N–H and O–H groups in total. The smallest absolute Gasteiger partial charge is 0.0999 e. The Bertz CT molecular complexity index is 1170. The summed E-state index contributed by atoms with van der Waals surface area (Å²) in [5.41, 5.74) is 4.26. The Hall–Kier alpha value is -3.04. The molecule has 162 valence electrons. The van der Waals surface area contributed by atoms with Crippen molar-refractivity contribution in [3.8, 4) is 22.5 Å². The number of aromatic nitrogens is 7. The van der Waals surface area contributed by atoms with Gasteiger partial charge in [0.25, 0.3) is 0 Å². The van der Waals surface area contributed by atoms with Crippen LogP contribution in [-0.2, 0) is 6.54 Å². The lowest BCUT2D eigenvalue weighted by atomic mass is 9.79. The topological polar surface area (TPSA) is 106 Å². The molecule has 0 aliphatic heterocycles. The molecule has 31 heavy (non-hydrogen) atoms. The van der Waals surface area contributed by atoms with Crippen molar-refractivity contribution in [2.75, 3.05) is 6.61 Å². The summed E-state index contributed by atoms with van der Waals surface area (Å²) in [7, 11) is 0. The summed E-state index contributed by atoms with van der Waals surface area (Å²) in [6.07, 6.45) is 15.2. The molecular formula is C22H27N7O2. The van der Waals surface area contributed by atoms with Gasteiger partial charge in [0.15, 0.2) is 0 Å². The molecule has 1 unspecified atom stereocenters. The molecule has 1 saturated carbocycles. The van der Waals surface area contributed by atoms with Crippen LogP contribution in [0.5, 0.6) is 0 Å². The Labute approximate surface area is 180 Å². The van der Waals surface area contributed by atoms with Crippen LogP contribution in [0.25, 0.3) is 28.0 Å². The second-order valence-electron chi connectivity index (χ2n) is 8.30. The van der Waals surface area contributed by atoms with Crippen molar-refractivity contribution in [3.05, 3.63) is 43.2 Å². The maximum atomic E-state index is 9.68. The summed E-state index contributed by atoms with van der Waals surface area (Å²) < 4.78 is 5.53. The van der Waals surface area contributed by atoms with Crippen molar-refractivity contribution in [2.24, 2.45) is 5.92 Å². The molecular weight excluding hydrogens is 394 g/mol. The van der Waals surface area contributed by atoms with E-state index in [4.69, 9.17) is 10.1 Å². The first-order valence-corrected chi connectivity index (χ1v) is 10.9. The molecule has 0 bridgehead atoms. The summed E-state index contributed by atoms with van der Waals surface area (Å²) >= 11 is 0. The van der Waals surface area contributed by atoms with E-state index in [-0.39, 0.29) is 13.2 Å². The van der Waals surface area contributed by atoms with E-state index < -0.39 is 6.10 Å². The number of fused-ring (bicyclic) bond motifs is 1. The fourth-order valence-corrected chi connectivity index (χ4v) is 4.35. The van der Waals surface area contributed by atoms with Crippen molar-refractivity contribution >= 4 is 5.52 Å². The zero-order valence-corrected chi connectivity index (χ0v) is 17.5. The molecule has 2 atom stereocenters. The van der Waals surface area contributed by atoms with Crippen molar-refractivity contribution in [3.63, 3.8) is 0 Å². The lowest BCUT2D eigenvalue weighted by Crippen LogP contribution is -2.25. The largest absolute Gasteiger partial charge is 0.394 e. The van der Waals surface area contributed by atoms with E-state index in [2.05, 4.69) is 33.1 Å². The van der Waals surface area contributed by atoms with Gasteiger partial charge >= 0.3 is 0 Å². The average molecular weight is 422 g/mol. The first-order valence-electron chi connectivity index (χ1n) is 10.9. The monoisotopic (exact) mass is 421 g/mol. The van der Waals surface area contributed by atoms with Crippen LogP contribution in [0.2, 0.25) is 0 Å². The Morgan fingerprint density at radius 3 is 2.68 bits per heavy atom. The van der Waals surface area contributed by atoms with Gasteiger partial charge < -0.3 is 10.2 Å². The summed E-state index contributed by atoms with van der Waals surface area (Å²) in [5.74, 6) is 0.715. The number of nitrogens with zero attached hydrogens (tertiary/aromatic N) is 7. The van der Waals surface area contributed by atoms with Gasteiger partial charge in [0, 0.05) is 23.5 Å². The minimum atomic E-state index is -0.849. The molecule has 0 saturated heterocycles. The molecule has 1 aliphatic carbocycles. The maximum Gasteiger partial charge on any atom is 0.0999 e. The molecule has 4 heterocycles. The fraction of sp³-hybridized carbons (Fsp3) is 0.455. The summed E-state index contributed by atoms with van der Waals surface area (Å²) in [4.78, 5) is 4.92. The van der Waals surface area contributed by atoms with Gasteiger partial charge in [0.05, 0.1) is 67.0 Å². The molecule has 4 aromatic rings. The predicted octanol–water partition coefficient (Wildman–Crippen LogP) is 2.56. The molecule has 1 aliphatic rings. The highest BCUT2D eigenvalue weighted by Gasteiger charge is 2.28. The lowest BCUT2D eigenvalue weighted by molar-refractivity contribution is 0.0783. The maximum absolute atomic E-state index is 9.68. The van der Waals surface area contributed by atoms with E-state index in [1.807, 2.05) is 29.2 Å². The number of hydrogen-bond acceptors (Lipinski definition) is 6. The second-order valence-corrected chi connectivity index (χ2v) is 8.30. The van der Waals surface area contributed by atoms with Crippen LogP contribution in [0.3, 0.4) is 0 Å². The van der Waals surface area contributed by atoms with Crippen LogP contribution < -0.4 is 0 Å². The zero-order valence-electron chi connectivity index (χ0n) is 17.5. The Morgan fingerprint density at radius 1 is 1.10 bits per heavy atom. The molecule has 0 amide bonds.